The van der Waals surface area contributed by atoms with Crippen molar-refractivity contribution in [3.8, 4) is 0 Å². The van der Waals surface area contributed by atoms with Crippen LogP contribution in [0.3, 0.4) is 0 Å². The van der Waals surface area contributed by atoms with E-state index in [1.807, 2.05) is 6.07 Å². The van der Waals surface area contributed by atoms with Crippen LogP contribution in [-0.4, -0.2) is 11.7 Å². The van der Waals surface area contributed by atoms with Crippen molar-refractivity contribution in [1.82, 2.24) is 0 Å². The molecule has 1 nitrogen and oxygen atoms in total. The highest BCUT2D eigenvalue weighted by molar-refractivity contribution is 9.10. The van der Waals surface area contributed by atoms with E-state index < -0.39 is 0 Å². The van der Waals surface area contributed by atoms with Gasteiger partial charge in [-0.2, -0.15) is 0 Å². The van der Waals surface area contributed by atoms with Gasteiger partial charge in [-0.1, -0.05) is 34.5 Å². The van der Waals surface area contributed by atoms with Gasteiger partial charge in [0.1, 0.15) is 0 Å². The molecule has 1 aromatic carbocycles. The summed E-state index contributed by atoms with van der Waals surface area (Å²) < 4.78 is 1.15. The minimum atomic E-state index is 0.318. The number of aryl methyl sites for hydroxylation is 1. The summed E-state index contributed by atoms with van der Waals surface area (Å²) in [6.45, 7) is 0.318. The molecular formula is C11H15BrO. The first-order valence-electron chi connectivity index (χ1n) is 4.68. The van der Waals surface area contributed by atoms with Crippen LogP contribution in [0, 0.1) is 0 Å². The molecule has 13 heavy (non-hydrogen) atoms. The Labute approximate surface area is 87.9 Å². The third kappa shape index (κ3) is 4.44. The molecule has 0 unspecified atom stereocenters. The zero-order valence-electron chi connectivity index (χ0n) is 7.67. The quantitative estimate of drug-likeness (QED) is 0.787. The second-order valence-corrected chi connectivity index (χ2v) is 4.08. The van der Waals surface area contributed by atoms with E-state index in [0.29, 0.717) is 6.61 Å². The molecule has 0 saturated heterocycles. The van der Waals surface area contributed by atoms with Gasteiger partial charge >= 0.3 is 0 Å². The minimum absolute atomic E-state index is 0.318. The van der Waals surface area contributed by atoms with Crippen LogP contribution in [0.15, 0.2) is 28.7 Å². The van der Waals surface area contributed by atoms with E-state index in [9.17, 15) is 0 Å². The molecule has 0 fully saturated rings. The van der Waals surface area contributed by atoms with Crippen molar-refractivity contribution in [2.24, 2.45) is 0 Å². The molecule has 0 amide bonds. The number of benzene rings is 1. The predicted octanol–water partition coefficient (Wildman–Crippen LogP) is 3.15. The molecular weight excluding hydrogens is 228 g/mol. The van der Waals surface area contributed by atoms with E-state index in [2.05, 4.69) is 34.1 Å². The monoisotopic (exact) mass is 242 g/mol. The molecule has 2 heteroatoms. The smallest absolute Gasteiger partial charge is 0.0431 e. The average Bonchev–Trinajstić information content (AvgIpc) is 2.13. The number of aliphatic hydroxyl groups is 1. The third-order valence-corrected chi connectivity index (χ3v) is 2.51. The molecule has 0 aliphatic rings. The Bertz CT molecular complexity index is 248. The fraction of sp³-hybridized carbons (Fsp3) is 0.455. The second-order valence-electron chi connectivity index (χ2n) is 3.16. The lowest BCUT2D eigenvalue weighted by molar-refractivity contribution is 0.283. The highest BCUT2D eigenvalue weighted by Crippen LogP contribution is 2.13. The molecule has 0 radical (unpaired) electrons. The summed E-state index contributed by atoms with van der Waals surface area (Å²) in [6, 6.07) is 8.39. The van der Waals surface area contributed by atoms with Gasteiger partial charge in [-0.05, 0) is 37.0 Å². The van der Waals surface area contributed by atoms with Crippen LogP contribution in [0.4, 0.5) is 0 Å². The van der Waals surface area contributed by atoms with Crippen LogP contribution in [0.25, 0.3) is 0 Å². The van der Waals surface area contributed by atoms with Gasteiger partial charge < -0.3 is 5.11 Å². The van der Waals surface area contributed by atoms with Crippen molar-refractivity contribution >= 4 is 15.9 Å². The summed E-state index contributed by atoms with van der Waals surface area (Å²) >= 11 is 3.44. The van der Waals surface area contributed by atoms with Gasteiger partial charge in [-0.25, -0.2) is 0 Å². The second kappa shape index (κ2) is 6.17. The minimum Gasteiger partial charge on any atom is -0.396 e. The Hall–Kier alpha value is -0.340. The predicted molar refractivity (Wildman–Crippen MR) is 58.8 cm³/mol. The number of rotatable bonds is 5. The maximum absolute atomic E-state index is 8.60. The number of hydrogen-bond acceptors (Lipinski definition) is 1. The number of aliphatic hydroxyl groups excluding tert-OH is 1. The normalized spacial score (nSPS) is 10.3. The van der Waals surface area contributed by atoms with Gasteiger partial charge in [0.2, 0.25) is 0 Å². The van der Waals surface area contributed by atoms with Gasteiger partial charge in [-0.3, -0.25) is 0 Å². The molecule has 0 heterocycles. The van der Waals surface area contributed by atoms with Crippen molar-refractivity contribution in [3.05, 3.63) is 34.3 Å². The molecule has 1 rings (SSSR count). The van der Waals surface area contributed by atoms with Crippen molar-refractivity contribution < 1.29 is 5.11 Å². The Morgan fingerprint density at radius 3 is 2.69 bits per heavy atom. The Kier molecular flexibility index (Phi) is 5.09. The summed E-state index contributed by atoms with van der Waals surface area (Å²) in [5.41, 5.74) is 1.37. The van der Waals surface area contributed by atoms with Crippen LogP contribution in [-0.2, 0) is 6.42 Å². The highest BCUT2D eigenvalue weighted by atomic mass is 79.9. The van der Waals surface area contributed by atoms with Crippen molar-refractivity contribution in [3.63, 3.8) is 0 Å². The lowest BCUT2D eigenvalue weighted by Gasteiger charge is -2.01. The molecule has 0 spiro atoms. The van der Waals surface area contributed by atoms with Gasteiger partial charge in [0, 0.05) is 11.1 Å². The van der Waals surface area contributed by atoms with Crippen molar-refractivity contribution in [1.29, 1.82) is 0 Å². The van der Waals surface area contributed by atoms with Gasteiger partial charge in [0.15, 0.2) is 0 Å². The lowest BCUT2D eigenvalue weighted by atomic mass is 10.1. The molecule has 0 bridgehead atoms. The fourth-order valence-corrected chi connectivity index (χ4v) is 1.76. The molecule has 0 aliphatic heterocycles. The number of halogens is 1. The summed E-state index contributed by atoms with van der Waals surface area (Å²) in [5.74, 6) is 0. The fourth-order valence-electron chi connectivity index (χ4n) is 1.31. The topological polar surface area (TPSA) is 20.2 Å². The standard InChI is InChI=1S/C11H15BrO/c12-11-7-4-6-10(9-11)5-2-1-3-8-13/h4,6-7,9,13H,1-3,5,8H2. The highest BCUT2D eigenvalue weighted by Gasteiger charge is 1.93. The largest absolute Gasteiger partial charge is 0.396 e. The van der Waals surface area contributed by atoms with Crippen molar-refractivity contribution in [2.75, 3.05) is 6.61 Å². The molecule has 0 saturated carbocycles. The molecule has 1 aromatic rings. The zero-order chi connectivity index (χ0) is 9.52. The molecule has 0 atom stereocenters. The first kappa shape index (κ1) is 10.7. The van der Waals surface area contributed by atoms with Gasteiger partial charge in [-0.15, -0.1) is 0 Å². The Balaban J connectivity index is 2.28. The first-order chi connectivity index (χ1) is 6.33. The summed E-state index contributed by atoms with van der Waals surface area (Å²) in [5, 5.41) is 8.60. The van der Waals surface area contributed by atoms with E-state index in [1.54, 1.807) is 0 Å². The molecule has 1 N–H and O–H groups in total. The van der Waals surface area contributed by atoms with Gasteiger partial charge in [0.05, 0.1) is 0 Å². The summed E-state index contributed by atoms with van der Waals surface area (Å²) in [6.07, 6.45) is 4.31. The average molecular weight is 243 g/mol. The Morgan fingerprint density at radius 2 is 2.00 bits per heavy atom. The molecule has 0 aliphatic carbocycles. The number of unbranched alkanes of at least 4 members (excludes halogenated alkanes) is 2. The van der Waals surface area contributed by atoms with Gasteiger partial charge in [0.25, 0.3) is 0 Å². The molecule has 72 valence electrons. The Morgan fingerprint density at radius 1 is 1.15 bits per heavy atom. The summed E-state index contributed by atoms with van der Waals surface area (Å²) in [4.78, 5) is 0. The number of hydrogen-bond donors (Lipinski definition) is 1. The third-order valence-electron chi connectivity index (χ3n) is 2.01. The van der Waals surface area contributed by atoms with E-state index in [1.165, 1.54) is 5.56 Å². The van der Waals surface area contributed by atoms with E-state index in [4.69, 9.17) is 5.11 Å². The maximum atomic E-state index is 8.60. The SMILES string of the molecule is OCCCCCc1cccc(Br)c1. The van der Waals surface area contributed by atoms with Crippen LogP contribution in [0.1, 0.15) is 24.8 Å². The van der Waals surface area contributed by atoms with E-state index in [-0.39, 0.29) is 0 Å². The maximum Gasteiger partial charge on any atom is 0.0431 e. The van der Waals surface area contributed by atoms with Crippen LogP contribution < -0.4 is 0 Å². The zero-order valence-corrected chi connectivity index (χ0v) is 9.26. The van der Waals surface area contributed by atoms with Crippen LogP contribution in [0.5, 0.6) is 0 Å². The lowest BCUT2D eigenvalue weighted by Crippen LogP contribution is -1.87. The van der Waals surface area contributed by atoms with E-state index >= 15 is 0 Å². The first-order valence-corrected chi connectivity index (χ1v) is 5.47. The molecule has 0 aromatic heterocycles. The van der Waals surface area contributed by atoms with Crippen LogP contribution >= 0.6 is 15.9 Å². The van der Waals surface area contributed by atoms with E-state index in [0.717, 1.165) is 30.2 Å². The summed E-state index contributed by atoms with van der Waals surface area (Å²) in [7, 11) is 0. The van der Waals surface area contributed by atoms with Crippen molar-refractivity contribution in [2.45, 2.75) is 25.7 Å². The van der Waals surface area contributed by atoms with Crippen LogP contribution in [0.2, 0.25) is 0 Å².